The van der Waals surface area contributed by atoms with Gasteiger partial charge in [-0.15, -0.1) is 0 Å². The summed E-state index contributed by atoms with van der Waals surface area (Å²) >= 11 is 0. The summed E-state index contributed by atoms with van der Waals surface area (Å²) in [5.74, 6) is 0.206. The molecule has 4 heteroatoms. The highest BCUT2D eigenvalue weighted by atomic mass is 19.1. The van der Waals surface area contributed by atoms with E-state index in [0.717, 1.165) is 11.3 Å². The minimum absolute atomic E-state index is 0.252. The van der Waals surface area contributed by atoms with Gasteiger partial charge in [0, 0.05) is 18.2 Å². The van der Waals surface area contributed by atoms with E-state index in [-0.39, 0.29) is 11.7 Å². The van der Waals surface area contributed by atoms with Crippen LogP contribution in [0.2, 0.25) is 0 Å². The molecular weight excluding hydrogens is 281 g/mol. The predicted octanol–water partition coefficient (Wildman–Crippen LogP) is 3.21. The van der Waals surface area contributed by atoms with E-state index >= 15 is 0 Å². The number of amides is 1. The van der Waals surface area contributed by atoms with Gasteiger partial charge in [0.15, 0.2) is 0 Å². The molecule has 0 bridgehead atoms. The summed E-state index contributed by atoms with van der Waals surface area (Å²) in [5.41, 5.74) is 1.42. The largest absolute Gasteiger partial charge is 0.496 e. The zero-order chi connectivity index (χ0) is 15.8. The van der Waals surface area contributed by atoms with Crippen molar-refractivity contribution in [3.8, 4) is 5.75 Å². The standard InChI is InChI=1S/C18H18FNO2/c1-22-17-9-5-3-7-15(17)12-13-20-18(21)11-10-14-6-2-4-8-16(14)19/h2-11H,12-13H2,1H3,(H,20,21). The summed E-state index contributed by atoms with van der Waals surface area (Å²) < 4.78 is 18.7. The summed E-state index contributed by atoms with van der Waals surface area (Å²) in [6.07, 6.45) is 3.47. The van der Waals surface area contributed by atoms with Gasteiger partial charge in [0.05, 0.1) is 7.11 Å². The number of methoxy groups -OCH3 is 1. The topological polar surface area (TPSA) is 38.3 Å². The van der Waals surface area contributed by atoms with Crippen LogP contribution < -0.4 is 10.1 Å². The molecular formula is C18H18FNO2. The van der Waals surface area contributed by atoms with Crippen molar-refractivity contribution in [2.24, 2.45) is 0 Å². The van der Waals surface area contributed by atoms with Crippen molar-refractivity contribution in [1.82, 2.24) is 5.32 Å². The zero-order valence-electron chi connectivity index (χ0n) is 12.4. The first kappa shape index (κ1) is 15.8. The predicted molar refractivity (Wildman–Crippen MR) is 85.1 cm³/mol. The van der Waals surface area contributed by atoms with Crippen molar-refractivity contribution in [3.63, 3.8) is 0 Å². The molecule has 1 amide bonds. The Morgan fingerprint density at radius 3 is 2.68 bits per heavy atom. The lowest BCUT2D eigenvalue weighted by molar-refractivity contribution is -0.116. The highest BCUT2D eigenvalue weighted by Gasteiger charge is 2.02. The van der Waals surface area contributed by atoms with E-state index in [1.54, 1.807) is 25.3 Å². The van der Waals surface area contributed by atoms with E-state index in [9.17, 15) is 9.18 Å². The molecule has 0 unspecified atom stereocenters. The van der Waals surface area contributed by atoms with E-state index in [4.69, 9.17) is 4.74 Å². The van der Waals surface area contributed by atoms with Gasteiger partial charge in [-0.25, -0.2) is 4.39 Å². The van der Waals surface area contributed by atoms with Crippen LogP contribution in [0.15, 0.2) is 54.6 Å². The van der Waals surface area contributed by atoms with Crippen molar-refractivity contribution in [2.45, 2.75) is 6.42 Å². The number of benzene rings is 2. The average Bonchev–Trinajstić information content (AvgIpc) is 2.54. The maximum atomic E-state index is 13.4. The molecule has 0 fully saturated rings. The van der Waals surface area contributed by atoms with Gasteiger partial charge in [-0.1, -0.05) is 36.4 Å². The van der Waals surface area contributed by atoms with E-state index < -0.39 is 0 Å². The van der Waals surface area contributed by atoms with Crippen LogP contribution in [-0.4, -0.2) is 19.6 Å². The Kier molecular flexibility index (Phi) is 5.72. The third kappa shape index (κ3) is 4.45. The fourth-order valence-electron chi connectivity index (χ4n) is 2.06. The first-order valence-electron chi connectivity index (χ1n) is 7.03. The smallest absolute Gasteiger partial charge is 0.244 e. The molecule has 114 valence electrons. The number of hydrogen-bond donors (Lipinski definition) is 1. The summed E-state index contributed by atoms with van der Waals surface area (Å²) in [6, 6.07) is 14.0. The molecule has 0 radical (unpaired) electrons. The Balaban J connectivity index is 1.84. The maximum Gasteiger partial charge on any atom is 0.244 e. The molecule has 0 aromatic heterocycles. The summed E-state index contributed by atoms with van der Waals surface area (Å²) in [7, 11) is 1.62. The quantitative estimate of drug-likeness (QED) is 0.832. The maximum absolute atomic E-state index is 13.4. The van der Waals surface area contributed by atoms with Gasteiger partial charge in [-0.05, 0) is 30.2 Å². The molecule has 0 heterocycles. The Morgan fingerprint density at radius 2 is 1.91 bits per heavy atom. The Morgan fingerprint density at radius 1 is 1.18 bits per heavy atom. The Bertz CT molecular complexity index is 668. The van der Waals surface area contributed by atoms with Crippen molar-refractivity contribution in [1.29, 1.82) is 0 Å². The van der Waals surface area contributed by atoms with E-state index in [2.05, 4.69) is 5.32 Å². The number of hydrogen-bond acceptors (Lipinski definition) is 2. The minimum Gasteiger partial charge on any atom is -0.496 e. The van der Waals surface area contributed by atoms with Crippen molar-refractivity contribution < 1.29 is 13.9 Å². The van der Waals surface area contributed by atoms with E-state index in [0.29, 0.717) is 18.5 Å². The first-order valence-corrected chi connectivity index (χ1v) is 7.03. The van der Waals surface area contributed by atoms with Gasteiger partial charge < -0.3 is 10.1 Å². The van der Waals surface area contributed by atoms with Gasteiger partial charge in [0.2, 0.25) is 5.91 Å². The third-order valence-corrected chi connectivity index (χ3v) is 3.21. The van der Waals surface area contributed by atoms with Crippen molar-refractivity contribution in [3.05, 3.63) is 71.6 Å². The van der Waals surface area contributed by atoms with Gasteiger partial charge >= 0.3 is 0 Å². The first-order chi connectivity index (χ1) is 10.7. The average molecular weight is 299 g/mol. The molecule has 0 saturated carbocycles. The SMILES string of the molecule is COc1ccccc1CCNC(=O)C=Cc1ccccc1F. The highest BCUT2D eigenvalue weighted by molar-refractivity contribution is 5.91. The lowest BCUT2D eigenvalue weighted by Crippen LogP contribution is -2.23. The molecule has 2 aromatic carbocycles. The van der Waals surface area contributed by atoms with Crippen LogP contribution in [-0.2, 0) is 11.2 Å². The summed E-state index contributed by atoms with van der Waals surface area (Å²) in [6.45, 7) is 0.487. The Hall–Kier alpha value is -2.62. The molecule has 22 heavy (non-hydrogen) atoms. The monoisotopic (exact) mass is 299 g/mol. The molecule has 2 aromatic rings. The Labute approximate surface area is 129 Å². The molecule has 0 aliphatic rings. The molecule has 3 nitrogen and oxygen atoms in total. The fourth-order valence-corrected chi connectivity index (χ4v) is 2.06. The lowest BCUT2D eigenvalue weighted by Gasteiger charge is -2.08. The van der Waals surface area contributed by atoms with Gasteiger partial charge in [0.25, 0.3) is 0 Å². The van der Waals surface area contributed by atoms with Crippen LogP contribution in [0.4, 0.5) is 4.39 Å². The number of carbonyl (C=O) groups is 1. The van der Waals surface area contributed by atoms with Crippen LogP contribution in [0.1, 0.15) is 11.1 Å². The molecule has 0 atom stereocenters. The number of carbonyl (C=O) groups excluding carboxylic acids is 1. The fraction of sp³-hybridized carbons (Fsp3) is 0.167. The van der Waals surface area contributed by atoms with Gasteiger partial charge in [-0.3, -0.25) is 4.79 Å². The van der Waals surface area contributed by atoms with Crippen LogP contribution in [0.5, 0.6) is 5.75 Å². The van der Waals surface area contributed by atoms with Crippen LogP contribution >= 0.6 is 0 Å². The number of para-hydroxylation sites is 1. The number of ether oxygens (including phenoxy) is 1. The number of halogens is 1. The molecule has 2 rings (SSSR count). The molecule has 0 saturated heterocycles. The number of nitrogens with one attached hydrogen (secondary N) is 1. The highest BCUT2D eigenvalue weighted by Crippen LogP contribution is 2.17. The summed E-state index contributed by atoms with van der Waals surface area (Å²) in [4.78, 5) is 11.7. The second-order valence-corrected chi connectivity index (χ2v) is 4.71. The molecule has 0 spiro atoms. The molecule has 0 aliphatic carbocycles. The van der Waals surface area contributed by atoms with Crippen LogP contribution in [0.3, 0.4) is 0 Å². The van der Waals surface area contributed by atoms with E-state index in [1.807, 2.05) is 24.3 Å². The zero-order valence-corrected chi connectivity index (χ0v) is 12.4. The molecule has 1 N–H and O–H groups in total. The van der Waals surface area contributed by atoms with Crippen LogP contribution in [0, 0.1) is 5.82 Å². The minimum atomic E-state index is -0.347. The lowest BCUT2D eigenvalue weighted by atomic mass is 10.1. The normalized spacial score (nSPS) is 10.6. The van der Waals surface area contributed by atoms with Gasteiger partial charge in [0.1, 0.15) is 11.6 Å². The van der Waals surface area contributed by atoms with Crippen molar-refractivity contribution in [2.75, 3.05) is 13.7 Å². The third-order valence-electron chi connectivity index (χ3n) is 3.21. The number of rotatable bonds is 6. The van der Waals surface area contributed by atoms with Crippen molar-refractivity contribution >= 4 is 12.0 Å². The molecule has 0 aliphatic heterocycles. The summed E-state index contributed by atoms with van der Waals surface area (Å²) in [5, 5.41) is 2.77. The van der Waals surface area contributed by atoms with E-state index in [1.165, 1.54) is 18.2 Å². The van der Waals surface area contributed by atoms with Crippen LogP contribution in [0.25, 0.3) is 6.08 Å². The second-order valence-electron chi connectivity index (χ2n) is 4.71. The second kappa shape index (κ2) is 7.98. The van der Waals surface area contributed by atoms with Gasteiger partial charge in [-0.2, -0.15) is 0 Å².